The molecule has 2 heterocycles. The van der Waals surface area contributed by atoms with Crippen LogP contribution in [0, 0.1) is 0 Å². The lowest BCUT2D eigenvalue weighted by atomic mass is 9.85. The summed E-state index contributed by atoms with van der Waals surface area (Å²) in [6.45, 7) is 4.30. The third-order valence-electron chi connectivity index (χ3n) is 4.51. The number of fused-ring (bicyclic) bond motifs is 1. The fourth-order valence-electron chi connectivity index (χ4n) is 3.08. The van der Waals surface area contributed by atoms with Crippen LogP contribution in [0.2, 0.25) is 0 Å². The molecule has 0 bridgehead atoms. The maximum atomic E-state index is 12.3. The van der Waals surface area contributed by atoms with Gasteiger partial charge >= 0.3 is 0 Å². The molecule has 24 heavy (non-hydrogen) atoms. The molecule has 0 fully saturated rings. The van der Waals surface area contributed by atoms with Crippen molar-refractivity contribution < 1.29 is 9.59 Å². The van der Waals surface area contributed by atoms with Crippen molar-refractivity contribution in [2.45, 2.75) is 32.2 Å². The summed E-state index contributed by atoms with van der Waals surface area (Å²) in [6.07, 6.45) is 3.73. The highest BCUT2D eigenvalue weighted by atomic mass is 16.2. The maximum absolute atomic E-state index is 12.3. The smallest absolute Gasteiger partial charge is 0.236 e. The van der Waals surface area contributed by atoms with Crippen molar-refractivity contribution in [3.05, 3.63) is 59.4 Å². The minimum Gasteiger partial charge on any atom is -0.352 e. The molecule has 2 amide bonds. The molecular formula is C19H21N3O2. The predicted octanol–water partition coefficient (Wildman–Crippen LogP) is 2.19. The molecule has 1 N–H and O–H groups in total. The molecule has 0 atom stereocenters. The van der Waals surface area contributed by atoms with Gasteiger partial charge in [-0.3, -0.25) is 14.6 Å². The number of hydrogen-bond donors (Lipinski definition) is 1. The third-order valence-corrected chi connectivity index (χ3v) is 4.51. The summed E-state index contributed by atoms with van der Waals surface area (Å²) in [4.78, 5) is 30.2. The van der Waals surface area contributed by atoms with Crippen LogP contribution in [0.5, 0.6) is 0 Å². The second-order valence-corrected chi connectivity index (χ2v) is 6.66. The van der Waals surface area contributed by atoms with Crippen LogP contribution in [0.1, 0.15) is 30.5 Å². The number of benzene rings is 1. The van der Waals surface area contributed by atoms with Crippen molar-refractivity contribution in [1.29, 1.82) is 0 Å². The van der Waals surface area contributed by atoms with Gasteiger partial charge in [0.1, 0.15) is 0 Å². The van der Waals surface area contributed by atoms with E-state index < -0.39 is 5.41 Å². The van der Waals surface area contributed by atoms with Gasteiger partial charge in [0.2, 0.25) is 11.8 Å². The Kier molecular flexibility index (Phi) is 4.09. The van der Waals surface area contributed by atoms with Crippen LogP contribution in [0.3, 0.4) is 0 Å². The van der Waals surface area contributed by atoms with Crippen molar-refractivity contribution in [3.8, 4) is 0 Å². The Labute approximate surface area is 141 Å². The summed E-state index contributed by atoms with van der Waals surface area (Å²) in [5.41, 5.74) is 3.23. The highest BCUT2D eigenvalue weighted by Gasteiger charge is 2.42. The lowest BCUT2D eigenvalue weighted by Gasteiger charge is -2.16. The van der Waals surface area contributed by atoms with E-state index in [0.717, 1.165) is 22.4 Å². The van der Waals surface area contributed by atoms with Crippen molar-refractivity contribution >= 4 is 17.5 Å². The van der Waals surface area contributed by atoms with Crippen molar-refractivity contribution in [2.75, 3.05) is 11.9 Å². The summed E-state index contributed by atoms with van der Waals surface area (Å²) in [5, 5.41) is 2.90. The summed E-state index contributed by atoms with van der Waals surface area (Å²) in [5.74, 6) is 0.0324. The normalized spacial score (nSPS) is 15.3. The highest BCUT2D eigenvalue weighted by molar-refractivity contribution is 6.07. The van der Waals surface area contributed by atoms with E-state index >= 15 is 0 Å². The molecule has 5 heteroatoms. The van der Waals surface area contributed by atoms with Crippen LogP contribution in [-0.4, -0.2) is 23.8 Å². The lowest BCUT2D eigenvalue weighted by Crippen LogP contribution is -2.33. The minimum absolute atomic E-state index is 0.0470. The van der Waals surface area contributed by atoms with Gasteiger partial charge in [0.15, 0.2) is 0 Å². The van der Waals surface area contributed by atoms with Crippen LogP contribution in [-0.2, 0) is 28.0 Å². The van der Waals surface area contributed by atoms with Gasteiger partial charge < -0.3 is 10.2 Å². The highest BCUT2D eigenvalue weighted by Crippen LogP contribution is 2.41. The van der Waals surface area contributed by atoms with Crippen LogP contribution in [0.15, 0.2) is 42.7 Å². The first-order valence-electron chi connectivity index (χ1n) is 7.97. The molecule has 0 radical (unpaired) electrons. The second-order valence-electron chi connectivity index (χ2n) is 6.66. The maximum Gasteiger partial charge on any atom is 0.236 e. The number of rotatable bonds is 4. The largest absolute Gasteiger partial charge is 0.352 e. The summed E-state index contributed by atoms with van der Waals surface area (Å²) < 4.78 is 0. The molecule has 1 aromatic carbocycles. The number of likely N-dealkylation sites (N-methyl/N-ethyl adjacent to an activating group) is 1. The number of hydrogen-bond acceptors (Lipinski definition) is 3. The van der Waals surface area contributed by atoms with E-state index in [1.54, 1.807) is 24.3 Å². The van der Waals surface area contributed by atoms with Crippen LogP contribution < -0.4 is 10.2 Å². The molecule has 0 aliphatic carbocycles. The van der Waals surface area contributed by atoms with Gasteiger partial charge in [-0.25, -0.2) is 0 Å². The average Bonchev–Trinajstić information content (AvgIpc) is 2.75. The predicted molar refractivity (Wildman–Crippen MR) is 92.7 cm³/mol. The number of amides is 2. The minimum atomic E-state index is -0.549. The number of pyridine rings is 1. The molecule has 0 spiro atoms. The van der Waals surface area contributed by atoms with E-state index in [1.807, 2.05) is 44.2 Å². The van der Waals surface area contributed by atoms with Gasteiger partial charge in [-0.05, 0) is 42.7 Å². The van der Waals surface area contributed by atoms with Crippen molar-refractivity contribution in [3.63, 3.8) is 0 Å². The number of carbonyl (C=O) groups excluding carboxylic acids is 2. The zero-order valence-electron chi connectivity index (χ0n) is 14.2. The molecule has 1 aromatic heterocycles. The molecule has 0 saturated heterocycles. The van der Waals surface area contributed by atoms with E-state index in [2.05, 4.69) is 10.3 Å². The van der Waals surface area contributed by atoms with Crippen LogP contribution in [0.4, 0.5) is 5.69 Å². The quantitative estimate of drug-likeness (QED) is 0.938. The van der Waals surface area contributed by atoms with Crippen molar-refractivity contribution in [1.82, 2.24) is 10.3 Å². The fourth-order valence-corrected chi connectivity index (χ4v) is 3.08. The Morgan fingerprint density at radius 1 is 1.25 bits per heavy atom. The topological polar surface area (TPSA) is 62.3 Å². The molecule has 0 saturated carbocycles. The first-order valence-corrected chi connectivity index (χ1v) is 7.97. The van der Waals surface area contributed by atoms with E-state index in [-0.39, 0.29) is 11.8 Å². The third kappa shape index (κ3) is 2.89. The van der Waals surface area contributed by atoms with E-state index in [4.69, 9.17) is 0 Å². The summed E-state index contributed by atoms with van der Waals surface area (Å²) in [7, 11) is 1.79. The number of carbonyl (C=O) groups is 2. The van der Waals surface area contributed by atoms with Gasteiger partial charge in [-0.1, -0.05) is 18.2 Å². The number of anilines is 1. The zero-order valence-corrected chi connectivity index (χ0v) is 14.2. The van der Waals surface area contributed by atoms with E-state index in [9.17, 15) is 9.59 Å². The Hall–Kier alpha value is -2.69. The Balaban J connectivity index is 1.70. The molecule has 1 aliphatic rings. The second kappa shape index (κ2) is 6.07. The fraction of sp³-hybridized carbons (Fsp3) is 0.316. The SMILES string of the molecule is CN1C(=O)C(C)(C)c2cc(CC(=O)NCc3cccnc3)ccc21. The Morgan fingerprint density at radius 2 is 2.04 bits per heavy atom. The monoisotopic (exact) mass is 323 g/mol. The molecule has 0 unspecified atom stereocenters. The molecule has 2 aromatic rings. The molecule has 3 rings (SSSR count). The van der Waals surface area contributed by atoms with Crippen molar-refractivity contribution in [2.24, 2.45) is 0 Å². The van der Waals surface area contributed by atoms with Crippen LogP contribution >= 0.6 is 0 Å². The molecule has 1 aliphatic heterocycles. The van der Waals surface area contributed by atoms with Gasteiger partial charge in [0, 0.05) is 31.7 Å². The van der Waals surface area contributed by atoms with Gasteiger partial charge in [0.05, 0.1) is 11.8 Å². The first-order chi connectivity index (χ1) is 11.4. The zero-order chi connectivity index (χ0) is 17.3. The van der Waals surface area contributed by atoms with E-state index in [0.29, 0.717) is 13.0 Å². The standard InChI is InChI=1S/C19H21N3O2/c1-19(2)15-9-13(6-7-16(15)22(3)18(19)24)10-17(23)21-12-14-5-4-8-20-11-14/h4-9,11H,10,12H2,1-3H3,(H,21,23). The lowest BCUT2D eigenvalue weighted by molar-refractivity contribution is -0.122. The van der Waals surface area contributed by atoms with Crippen LogP contribution in [0.25, 0.3) is 0 Å². The van der Waals surface area contributed by atoms with Gasteiger partial charge in [0.25, 0.3) is 0 Å². The summed E-state index contributed by atoms with van der Waals surface area (Å²) >= 11 is 0. The Morgan fingerprint density at radius 3 is 2.75 bits per heavy atom. The molecule has 124 valence electrons. The van der Waals surface area contributed by atoms with E-state index in [1.165, 1.54) is 0 Å². The molecule has 5 nitrogen and oxygen atoms in total. The number of aromatic nitrogens is 1. The van der Waals surface area contributed by atoms with Gasteiger partial charge in [-0.2, -0.15) is 0 Å². The Bertz CT molecular complexity index is 784. The summed E-state index contributed by atoms with van der Waals surface area (Å²) in [6, 6.07) is 9.57. The average molecular weight is 323 g/mol. The number of nitrogens with zero attached hydrogens (tertiary/aromatic N) is 2. The molecular weight excluding hydrogens is 302 g/mol. The van der Waals surface area contributed by atoms with Gasteiger partial charge in [-0.15, -0.1) is 0 Å². The first kappa shape index (κ1) is 16.2. The number of nitrogens with one attached hydrogen (secondary N) is 1.